The van der Waals surface area contributed by atoms with Gasteiger partial charge in [-0.25, -0.2) is 4.39 Å². The van der Waals surface area contributed by atoms with Crippen LogP contribution >= 0.6 is 11.6 Å². The third kappa shape index (κ3) is 5.81. The van der Waals surface area contributed by atoms with Crippen molar-refractivity contribution in [2.75, 3.05) is 17.2 Å². The number of rotatable bonds is 7. The lowest BCUT2D eigenvalue weighted by molar-refractivity contribution is -0.114. The van der Waals surface area contributed by atoms with Crippen LogP contribution in [0.3, 0.4) is 0 Å². The van der Waals surface area contributed by atoms with E-state index in [1.807, 2.05) is 37.3 Å². The van der Waals surface area contributed by atoms with Crippen LogP contribution in [0.1, 0.15) is 28.9 Å². The number of halogens is 2. The molecule has 0 aliphatic carbocycles. The average Bonchev–Trinajstić information content (AvgIpc) is 2.76. The predicted molar refractivity (Wildman–Crippen MR) is 117 cm³/mol. The lowest BCUT2D eigenvalue weighted by atomic mass is 10.1. The van der Waals surface area contributed by atoms with E-state index in [-0.39, 0.29) is 29.4 Å². The monoisotopic (exact) mass is 425 g/mol. The smallest absolute Gasteiger partial charge is 0.251 e. The fourth-order valence-electron chi connectivity index (χ4n) is 2.81. The summed E-state index contributed by atoms with van der Waals surface area (Å²) in [6, 6.07) is 20.4. The molecule has 0 aliphatic heterocycles. The summed E-state index contributed by atoms with van der Waals surface area (Å²) in [6.07, 6.45) is 0. The van der Waals surface area contributed by atoms with E-state index in [0.717, 1.165) is 5.56 Å². The third-order valence-corrected chi connectivity index (χ3v) is 4.74. The molecule has 5 nitrogen and oxygen atoms in total. The molecule has 0 spiro atoms. The Balaban J connectivity index is 1.50. The molecule has 0 radical (unpaired) electrons. The van der Waals surface area contributed by atoms with Crippen molar-refractivity contribution in [1.82, 2.24) is 5.32 Å². The number of hydrogen-bond acceptors (Lipinski definition) is 3. The van der Waals surface area contributed by atoms with Gasteiger partial charge in [0.2, 0.25) is 5.91 Å². The van der Waals surface area contributed by atoms with Gasteiger partial charge in [0.15, 0.2) is 0 Å². The average molecular weight is 426 g/mol. The number of hydrogen-bond donors (Lipinski definition) is 3. The zero-order chi connectivity index (χ0) is 21.5. The second-order valence-corrected chi connectivity index (χ2v) is 7.12. The number of nitrogens with one attached hydrogen (secondary N) is 3. The van der Waals surface area contributed by atoms with Gasteiger partial charge in [0, 0.05) is 16.9 Å². The lowest BCUT2D eigenvalue weighted by Gasteiger charge is -2.14. The Bertz CT molecular complexity index is 1030. The first-order valence-electron chi connectivity index (χ1n) is 9.37. The maximum atomic E-state index is 13.2. The molecule has 0 saturated heterocycles. The molecule has 3 N–H and O–H groups in total. The van der Waals surface area contributed by atoms with Gasteiger partial charge < -0.3 is 16.0 Å². The van der Waals surface area contributed by atoms with E-state index in [4.69, 9.17) is 11.6 Å². The van der Waals surface area contributed by atoms with Gasteiger partial charge in [0.25, 0.3) is 5.91 Å². The topological polar surface area (TPSA) is 70.2 Å². The van der Waals surface area contributed by atoms with Crippen molar-refractivity contribution < 1.29 is 14.0 Å². The minimum absolute atomic E-state index is 0.00554. The molecule has 0 bridgehead atoms. The fraction of sp³-hybridized carbons (Fsp3) is 0.130. The summed E-state index contributed by atoms with van der Waals surface area (Å²) in [7, 11) is 0. The number of carbonyl (C=O) groups is 2. The van der Waals surface area contributed by atoms with Gasteiger partial charge in [-0.1, -0.05) is 41.9 Å². The van der Waals surface area contributed by atoms with Crippen LogP contribution in [-0.2, 0) is 4.79 Å². The van der Waals surface area contributed by atoms with Gasteiger partial charge in [0.05, 0.1) is 17.6 Å². The summed E-state index contributed by atoms with van der Waals surface area (Å²) in [5.74, 6) is -1.03. The Morgan fingerprint density at radius 3 is 2.30 bits per heavy atom. The van der Waals surface area contributed by atoms with Crippen molar-refractivity contribution in [1.29, 1.82) is 0 Å². The minimum atomic E-state index is -0.546. The molecular weight excluding hydrogens is 405 g/mol. The highest BCUT2D eigenvalue weighted by Gasteiger charge is 2.11. The van der Waals surface area contributed by atoms with Gasteiger partial charge >= 0.3 is 0 Å². The van der Waals surface area contributed by atoms with Crippen molar-refractivity contribution >= 4 is 34.8 Å². The molecule has 1 unspecified atom stereocenters. The molecule has 0 aromatic heterocycles. The SMILES string of the molecule is CC(NC(=O)c1ccc(NCC(=O)Nc2ccc(F)c(Cl)c2)cc1)c1ccccc1. The van der Waals surface area contributed by atoms with Crippen molar-refractivity contribution in [2.45, 2.75) is 13.0 Å². The molecule has 0 fully saturated rings. The zero-order valence-corrected chi connectivity index (χ0v) is 17.0. The number of amides is 2. The summed E-state index contributed by atoms with van der Waals surface area (Å²) >= 11 is 5.70. The van der Waals surface area contributed by atoms with Crippen LogP contribution in [0.2, 0.25) is 5.02 Å². The van der Waals surface area contributed by atoms with Gasteiger partial charge in [0.1, 0.15) is 5.82 Å². The molecule has 154 valence electrons. The first kappa shape index (κ1) is 21.3. The molecule has 0 aliphatic rings. The highest BCUT2D eigenvalue weighted by molar-refractivity contribution is 6.31. The molecule has 0 saturated carbocycles. The molecule has 3 aromatic carbocycles. The van der Waals surface area contributed by atoms with Crippen LogP contribution in [-0.4, -0.2) is 18.4 Å². The van der Waals surface area contributed by atoms with Crippen molar-refractivity contribution in [3.63, 3.8) is 0 Å². The third-order valence-electron chi connectivity index (χ3n) is 4.45. The Kier molecular flexibility index (Phi) is 7.03. The van der Waals surface area contributed by atoms with Crippen LogP contribution in [0, 0.1) is 5.82 Å². The van der Waals surface area contributed by atoms with E-state index in [2.05, 4.69) is 16.0 Å². The van der Waals surface area contributed by atoms with E-state index in [0.29, 0.717) is 16.9 Å². The molecule has 3 aromatic rings. The van der Waals surface area contributed by atoms with Crippen LogP contribution in [0.4, 0.5) is 15.8 Å². The highest BCUT2D eigenvalue weighted by atomic mass is 35.5. The Hall–Kier alpha value is -3.38. The normalized spacial score (nSPS) is 11.4. The maximum absolute atomic E-state index is 13.2. The zero-order valence-electron chi connectivity index (χ0n) is 16.3. The lowest BCUT2D eigenvalue weighted by Crippen LogP contribution is -2.26. The standard InChI is InChI=1S/C23H21ClFN3O2/c1-15(16-5-3-2-4-6-16)27-23(30)17-7-9-18(10-8-17)26-14-22(29)28-19-11-12-21(25)20(24)13-19/h2-13,15,26H,14H2,1H3,(H,27,30)(H,28,29). The number of carbonyl (C=O) groups excluding carboxylic acids is 2. The van der Waals surface area contributed by atoms with Crippen LogP contribution < -0.4 is 16.0 Å². The largest absolute Gasteiger partial charge is 0.376 e. The van der Waals surface area contributed by atoms with Crippen LogP contribution in [0.15, 0.2) is 72.8 Å². The Morgan fingerprint density at radius 1 is 0.967 bits per heavy atom. The number of benzene rings is 3. The van der Waals surface area contributed by atoms with Gasteiger partial charge in [-0.15, -0.1) is 0 Å². The van der Waals surface area contributed by atoms with E-state index < -0.39 is 5.82 Å². The Labute approximate surface area is 179 Å². The Morgan fingerprint density at radius 2 is 1.63 bits per heavy atom. The molecular formula is C23H21ClFN3O2. The van der Waals surface area contributed by atoms with E-state index >= 15 is 0 Å². The molecule has 30 heavy (non-hydrogen) atoms. The molecule has 2 amide bonds. The van der Waals surface area contributed by atoms with Crippen LogP contribution in [0.25, 0.3) is 0 Å². The summed E-state index contributed by atoms with van der Waals surface area (Å²) in [4.78, 5) is 24.5. The van der Waals surface area contributed by atoms with E-state index in [1.54, 1.807) is 24.3 Å². The highest BCUT2D eigenvalue weighted by Crippen LogP contribution is 2.19. The first-order chi connectivity index (χ1) is 14.4. The van der Waals surface area contributed by atoms with Crippen molar-refractivity contribution in [3.05, 3.63) is 94.8 Å². The van der Waals surface area contributed by atoms with Crippen LogP contribution in [0.5, 0.6) is 0 Å². The van der Waals surface area contributed by atoms with Gasteiger partial charge in [-0.05, 0) is 55.0 Å². The quantitative estimate of drug-likeness (QED) is 0.497. The summed E-state index contributed by atoms with van der Waals surface area (Å²) in [6.45, 7) is 1.93. The molecule has 0 heterocycles. The second-order valence-electron chi connectivity index (χ2n) is 6.71. The molecule has 1 atom stereocenters. The first-order valence-corrected chi connectivity index (χ1v) is 9.75. The van der Waals surface area contributed by atoms with Gasteiger partial charge in [-0.2, -0.15) is 0 Å². The summed E-state index contributed by atoms with van der Waals surface area (Å²) in [5.41, 5.74) is 2.65. The van der Waals surface area contributed by atoms with Gasteiger partial charge in [-0.3, -0.25) is 9.59 Å². The maximum Gasteiger partial charge on any atom is 0.251 e. The van der Waals surface area contributed by atoms with E-state index in [1.165, 1.54) is 18.2 Å². The fourth-order valence-corrected chi connectivity index (χ4v) is 2.99. The van der Waals surface area contributed by atoms with Crippen molar-refractivity contribution in [3.8, 4) is 0 Å². The summed E-state index contributed by atoms with van der Waals surface area (Å²) in [5, 5.41) is 8.50. The molecule has 7 heteroatoms. The second kappa shape index (κ2) is 9.89. The molecule has 3 rings (SSSR count). The van der Waals surface area contributed by atoms with Crippen molar-refractivity contribution in [2.24, 2.45) is 0 Å². The van der Waals surface area contributed by atoms with E-state index in [9.17, 15) is 14.0 Å². The minimum Gasteiger partial charge on any atom is -0.376 e. The number of anilines is 2. The predicted octanol–water partition coefficient (Wildman–Crippen LogP) is 5.02. The summed E-state index contributed by atoms with van der Waals surface area (Å²) < 4.78 is 13.2.